The van der Waals surface area contributed by atoms with Gasteiger partial charge in [0.05, 0.1) is 18.2 Å². The van der Waals surface area contributed by atoms with Gasteiger partial charge in [0, 0.05) is 5.69 Å². The summed E-state index contributed by atoms with van der Waals surface area (Å²) in [6.07, 6.45) is -4.42. The van der Waals surface area contributed by atoms with E-state index in [0.717, 1.165) is 23.3 Å². The van der Waals surface area contributed by atoms with Crippen molar-refractivity contribution in [1.29, 1.82) is 0 Å². The second-order valence-electron chi connectivity index (χ2n) is 6.31. The number of hydrogen-bond donors (Lipinski definition) is 1. The number of anilines is 1. The number of carbonyl (C=O) groups excluding carboxylic acids is 1. The molecule has 0 aliphatic carbocycles. The fraction of sp³-hybridized carbons (Fsp3) is 0.136. The van der Waals surface area contributed by atoms with Crippen LogP contribution in [0.2, 0.25) is 0 Å². The fourth-order valence-corrected chi connectivity index (χ4v) is 2.76. The van der Waals surface area contributed by atoms with E-state index < -0.39 is 17.6 Å². The number of carbonyl (C=O) groups is 1. The standard InChI is InChI=1S/C22H18F3NO2/c1-14-3-5-15(6-4-14)19-12-11-18(28-2)13-20(19)21(27)26-17-9-7-16(8-10-17)22(23,24)25/h3-13H,1-2H3,(H,26,27). The Morgan fingerprint density at radius 2 is 1.57 bits per heavy atom. The molecule has 0 atom stereocenters. The number of halogens is 3. The topological polar surface area (TPSA) is 38.3 Å². The molecule has 0 heterocycles. The summed E-state index contributed by atoms with van der Waals surface area (Å²) in [4.78, 5) is 12.8. The highest BCUT2D eigenvalue weighted by atomic mass is 19.4. The average molecular weight is 385 g/mol. The summed E-state index contributed by atoms with van der Waals surface area (Å²) in [5, 5.41) is 2.65. The van der Waals surface area contributed by atoms with Crippen LogP contribution in [0.25, 0.3) is 11.1 Å². The molecule has 0 aliphatic heterocycles. The van der Waals surface area contributed by atoms with Gasteiger partial charge in [-0.2, -0.15) is 13.2 Å². The first-order chi connectivity index (χ1) is 13.3. The molecule has 1 N–H and O–H groups in total. The van der Waals surface area contributed by atoms with Crippen LogP contribution in [-0.2, 0) is 6.18 Å². The van der Waals surface area contributed by atoms with Crippen molar-refractivity contribution in [3.8, 4) is 16.9 Å². The third kappa shape index (κ3) is 4.34. The molecule has 3 aromatic carbocycles. The Balaban J connectivity index is 1.93. The van der Waals surface area contributed by atoms with Crippen molar-refractivity contribution in [2.75, 3.05) is 12.4 Å². The predicted molar refractivity (Wildman–Crippen MR) is 103 cm³/mol. The van der Waals surface area contributed by atoms with Crippen LogP contribution in [0.5, 0.6) is 5.75 Å². The molecule has 1 amide bonds. The van der Waals surface area contributed by atoms with Gasteiger partial charge in [-0.15, -0.1) is 0 Å². The molecule has 0 radical (unpaired) electrons. The summed E-state index contributed by atoms with van der Waals surface area (Å²) in [6, 6.07) is 17.2. The van der Waals surface area contributed by atoms with Gasteiger partial charge in [0.1, 0.15) is 5.75 Å². The van der Waals surface area contributed by atoms with E-state index in [1.807, 2.05) is 31.2 Å². The van der Waals surface area contributed by atoms with Crippen LogP contribution in [0, 0.1) is 6.92 Å². The maximum absolute atomic E-state index is 12.8. The van der Waals surface area contributed by atoms with E-state index in [-0.39, 0.29) is 5.69 Å². The Morgan fingerprint density at radius 3 is 2.14 bits per heavy atom. The minimum absolute atomic E-state index is 0.274. The molecule has 3 aromatic rings. The van der Waals surface area contributed by atoms with Crippen molar-refractivity contribution < 1.29 is 22.7 Å². The molecule has 144 valence electrons. The second-order valence-corrected chi connectivity index (χ2v) is 6.31. The lowest BCUT2D eigenvalue weighted by Gasteiger charge is -2.13. The molecule has 0 unspecified atom stereocenters. The lowest BCUT2D eigenvalue weighted by atomic mass is 9.98. The summed E-state index contributed by atoms with van der Waals surface area (Å²) in [6.45, 7) is 1.97. The number of hydrogen-bond acceptors (Lipinski definition) is 2. The minimum atomic E-state index is -4.42. The first-order valence-electron chi connectivity index (χ1n) is 8.51. The largest absolute Gasteiger partial charge is 0.497 e. The highest BCUT2D eigenvalue weighted by molar-refractivity contribution is 6.09. The van der Waals surface area contributed by atoms with E-state index in [1.54, 1.807) is 18.2 Å². The quantitative estimate of drug-likeness (QED) is 0.603. The average Bonchev–Trinajstić information content (AvgIpc) is 2.68. The number of nitrogens with one attached hydrogen (secondary N) is 1. The maximum atomic E-state index is 12.8. The Labute approximate surface area is 160 Å². The van der Waals surface area contributed by atoms with E-state index in [2.05, 4.69) is 5.32 Å². The van der Waals surface area contributed by atoms with Crippen LogP contribution >= 0.6 is 0 Å². The van der Waals surface area contributed by atoms with Crippen LogP contribution in [0.15, 0.2) is 66.7 Å². The molecule has 0 fully saturated rings. The second kappa shape index (κ2) is 7.76. The van der Waals surface area contributed by atoms with Crippen molar-refractivity contribution in [1.82, 2.24) is 0 Å². The zero-order valence-corrected chi connectivity index (χ0v) is 15.3. The fourth-order valence-electron chi connectivity index (χ4n) is 2.76. The maximum Gasteiger partial charge on any atom is 0.416 e. The third-order valence-corrected chi connectivity index (χ3v) is 4.30. The first kappa shape index (κ1) is 19.5. The lowest BCUT2D eigenvalue weighted by Crippen LogP contribution is -2.14. The number of rotatable bonds is 4. The smallest absolute Gasteiger partial charge is 0.416 e. The molecule has 28 heavy (non-hydrogen) atoms. The van der Waals surface area contributed by atoms with Gasteiger partial charge in [-0.3, -0.25) is 4.79 Å². The molecule has 3 nitrogen and oxygen atoms in total. The van der Waals surface area contributed by atoms with E-state index in [4.69, 9.17) is 4.74 Å². The van der Waals surface area contributed by atoms with Gasteiger partial charge < -0.3 is 10.1 Å². The molecule has 0 aromatic heterocycles. The van der Waals surface area contributed by atoms with Crippen LogP contribution in [0.4, 0.5) is 18.9 Å². The van der Waals surface area contributed by atoms with Gasteiger partial charge in [0.2, 0.25) is 0 Å². The predicted octanol–water partition coefficient (Wildman–Crippen LogP) is 5.94. The van der Waals surface area contributed by atoms with Crippen molar-refractivity contribution >= 4 is 11.6 Å². The van der Waals surface area contributed by atoms with E-state index in [1.165, 1.54) is 19.2 Å². The molecule has 6 heteroatoms. The number of aryl methyl sites for hydroxylation is 1. The van der Waals surface area contributed by atoms with Gasteiger partial charge in [0.25, 0.3) is 5.91 Å². The Bertz CT molecular complexity index is 978. The van der Waals surface area contributed by atoms with E-state index in [9.17, 15) is 18.0 Å². The molecular weight excluding hydrogens is 367 g/mol. The van der Waals surface area contributed by atoms with Crippen molar-refractivity contribution in [3.05, 3.63) is 83.4 Å². The normalized spacial score (nSPS) is 11.2. The van der Waals surface area contributed by atoms with Crippen LogP contribution in [-0.4, -0.2) is 13.0 Å². The van der Waals surface area contributed by atoms with Gasteiger partial charge in [-0.05, 0) is 60.5 Å². The molecule has 0 bridgehead atoms. The lowest BCUT2D eigenvalue weighted by molar-refractivity contribution is -0.137. The summed E-state index contributed by atoms with van der Waals surface area (Å²) >= 11 is 0. The highest BCUT2D eigenvalue weighted by Gasteiger charge is 2.30. The van der Waals surface area contributed by atoms with Crippen molar-refractivity contribution in [2.24, 2.45) is 0 Å². The number of benzene rings is 3. The Morgan fingerprint density at radius 1 is 0.929 bits per heavy atom. The number of ether oxygens (including phenoxy) is 1. The minimum Gasteiger partial charge on any atom is -0.497 e. The molecular formula is C22H18F3NO2. The summed E-state index contributed by atoms with van der Waals surface area (Å²) < 4.78 is 43.3. The van der Waals surface area contributed by atoms with Gasteiger partial charge in [-0.25, -0.2) is 0 Å². The summed E-state index contributed by atoms with van der Waals surface area (Å²) in [5.41, 5.74) is 2.51. The molecule has 0 aliphatic rings. The summed E-state index contributed by atoms with van der Waals surface area (Å²) in [7, 11) is 1.50. The zero-order chi connectivity index (χ0) is 20.3. The number of methoxy groups -OCH3 is 1. The van der Waals surface area contributed by atoms with Crippen molar-refractivity contribution in [3.63, 3.8) is 0 Å². The Hall–Kier alpha value is -3.28. The van der Waals surface area contributed by atoms with Crippen LogP contribution < -0.4 is 10.1 Å². The monoisotopic (exact) mass is 385 g/mol. The molecule has 0 saturated carbocycles. The number of amides is 1. The van der Waals surface area contributed by atoms with Gasteiger partial charge in [-0.1, -0.05) is 29.8 Å². The molecule has 0 spiro atoms. The van der Waals surface area contributed by atoms with E-state index >= 15 is 0 Å². The van der Waals surface area contributed by atoms with Crippen molar-refractivity contribution in [2.45, 2.75) is 13.1 Å². The molecule has 0 saturated heterocycles. The first-order valence-corrected chi connectivity index (χ1v) is 8.51. The SMILES string of the molecule is COc1ccc(-c2ccc(C)cc2)c(C(=O)Nc2ccc(C(F)(F)F)cc2)c1. The van der Waals surface area contributed by atoms with E-state index in [0.29, 0.717) is 16.9 Å². The van der Waals surface area contributed by atoms with Gasteiger partial charge in [0.15, 0.2) is 0 Å². The highest BCUT2D eigenvalue weighted by Crippen LogP contribution is 2.31. The van der Waals surface area contributed by atoms with Crippen LogP contribution in [0.3, 0.4) is 0 Å². The Kier molecular flexibility index (Phi) is 5.40. The number of alkyl halides is 3. The zero-order valence-electron chi connectivity index (χ0n) is 15.3. The van der Waals surface area contributed by atoms with Gasteiger partial charge >= 0.3 is 6.18 Å². The molecule has 3 rings (SSSR count). The third-order valence-electron chi connectivity index (χ3n) is 4.30. The summed E-state index contributed by atoms with van der Waals surface area (Å²) in [5.74, 6) is 0.0719. The van der Waals surface area contributed by atoms with Crippen LogP contribution in [0.1, 0.15) is 21.5 Å².